The van der Waals surface area contributed by atoms with E-state index in [0.29, 0.717) is 6.10 Å². The molecule has 15 heavy (non-hydrogen) atoms. The summed E-state index contributed by atoms with van der Waals surface area (Å²) in [7, 11) is 0. The van der Waals surface area contributed by atoms with Crippen molar-refractivity contribution in [1.29, 1.82) is 0 Å². The fourth-order valence-corrected chi connectivity index (χ4v) is 1.75. The molecule has 2 heteroatoms. The highest BCUT2D eigenvalue weighted by Crippen LogP contribution is 2.18. The summed E-state index contributed by atoms with van der Waals surface area (Å²) in [5, 5.41) is 3.46. The fourth-order valence-electron chi connectivity index (χ4n) is 1.75. The zero-order chi connectivity index (χ0) is 10.9. The maximum atomic E-state index is 5.74. The molecule has 0 bridgehead atoms. The van der Waals surface area contributed by atoms with Gasteiger partial charge in [-0.05, 0) is 26.2 Å². The minimum atomic E-state index is 0.447. The van der Waals surface area contributed by atoms with Crippen LogP contribution in [0.2, 0.25) is 0 Å². The highest BCUT2D eigenvalue weighted by molar-refractivity contribution is 4.80. The van der Waals surface area contributed by atoms with Crippen molar-refractivity contribution >= 4 is 0 Å². The summed E-state index contributed by atoms with van der Waals surface area (Å²) in [4.78, 5) is 0. The summed E-state index contributed by atoms with van der Waals surface area (Å²) in [6.07, 6.45) is 9.79. The molecule has 0 aromatic rings. The van der Waals surface area contributed by atoms with Crippen LogP contribution in [0.15, 0.2) is 0 Å². The second kappa shape index (κ2) is 8.12. The van der Waals surface area contributed by atoms with Gasteiger partial charge in [0.2, 0.25) is 0 Å². The van der Waals surface area contributed by atoms with Crippen molar-refractivity contribution in [2.45, 2.75) is 70.9 Å². The van der Waals surface area contributed by atoms with Crippen molar-refractivity contribution in [3.05, 3.63) is 0 Å². The number of unbranched alkanes of at least 4 members (excludes halogenated alkanes) is 3. The summed E-state index contributed by atoms with van der Waals surface area (Å²) in [5.41, 5.74) is 0. The Hall–Kier alpha value is -0.0800. The molecule has 0 aliphatic heterocycles. The van der Waals surface area contributed by atoms with Gasteiger partial charge in [-0.15, -0.1) is 0 Å². The molecule has 0 amide bonds. The molecule has 0 aromatic heterocycles. The minimum Gasteiger partial charge on any atom is -0.377 e. The van der Waals surface area contributed by atoms with Gasteiger partial charge in [-0.2, -0.15) is 0 Å². The molecule has 1 unspecified atom stereocenters. The van der Waals surface area contributed by atoms with Crippen LogP contribution >= 0.6 is 0 Å². The molecular formula is C13H27NO. The molecule has 90 valence electrons. The van der Waals surface area contributed by atoms with Gasteiger partial charge in [0, 0.05) is 12.6 Å². The van der Waals surface area contributed by atoms with Crippen LogP contribution < -0.4 is 5.32 Å². The molecule has 1 rings (SSSR count). The zero-order valence-corrected chi connectivity index (χ0v) is 10.4. The lowest BCUT2D eigenvalue weighted by Crippen LogP contribution is -2.23. The number of nitrogens with one attached hydrogen (secondary N) is 1. The Bertz CT molecular complexity index is 145. The number of ether oxygens (including phenoxy) is 1. The van der Waals surface area contributed by atoms with Crippen LogP contribution in [-0.2, 0) is 4.74 Å². The lowest BCUT2D eigenvalue weighted by atomic mass is 10.1. The predicted molar refractivity (Wildman–Crippen MR) is 65.2 cm³/mol. The SMILES string of the molecule is CCCCCCC(C)OCCNC1CC1. The van der Waals surface area contributed by atoms with Crippen LogP contribution in [0, 0.1) is 0 Å². The average molecular weight is 213 g/mol. The van der Waals surface area contributed by atoms with Crippen LogP contribution in [0.3, 0.4) is 0 Å². The van der Waals surface area contributed by atoms with Crippen LogP contribution in [0.5, 0.6) is 0 Å². The van der Waals surface area contributed by atoms with E-state index in [-0.39, 0.29) is 0 Å². The van der Waals surface area contributed by atoms with Crippen molar-refractivity contribution in [3.8, 4) is 0 Å². The third-order valence-electron chi connectivity index (χ3n) is 2.98. The normalized spacial score (nSPS) is 18.0. The Kier molecular flexibility index (Phi) is 7.03. The third kappa shape index (κ3) is 7.80. The van der Waals surface area contributed by atoms with Gasteiger partial charge >= 0.3 is 0 Å². The van der Waals surface area contributed by atoms with Gasteiger partial charge in [0.15, 0.2) is 0 Å². The summed E-state index contributed by atoms with van der Waals surface area (Å²) in [6.45, 7) is 6.36. The van der Waals surface area contributed by atoms with E-state index in [1.54, 1.807) is 0 Å². The number of rotatable bonds is 10. The monoisotopic (exact) mass is 213 g/mol. The van der Waals surface area contributed by atoms with Gasteiger partial charge in [-0.25, -0.2) is 0 Å². The molecular weight excluding hydrogens is 186 g/mol. The molecule has 1 aliphatic rings. The third-order valence-corrected chi connectivity index (χ3v) is 2.98. The Morgan fingerprint density at radius 1 is 1.27 bits per heavy atom. The summed E-state index contributed by atoms with van der Waals surface area (Å²) in [5.74, 6) is 0. The van der Waals surface area contributed by atoms with Gasteiger partial charge in [-0.3, -0.25) is 0 Å². The molecule has 1 N–H and O–H groups in total. The second-order valence-electron chi connectivity index (χ2n) is 4.76. The molecule has 0 heterocycles. The van der Waals surface area contributed by atoms with Crippen molar-refractivity contribution in [1.82, 2.24) is 5.32 Å². The molecule has 1 saturated carbocycles. The molecule has 0 aromatic carbocycles. The molecule has 1 aliphatic carbocycles. The van der Waals surface area contributed by atoms with Crippen molar-refractivity contribution in [3.63, 3.8) is 0 Å². The lowest BCUT2D eigenvalue weighted by molar-refractivity contribution is 0.0603. The van der Waals surface area contributed by atoms with Gasteiger partial charge < -0.3 is 10.1 Å². The van der Waals surface area contributed by atoms with Crippen LogP contribution in [0.25, 0.3) is 0 Å². The number of hydrogen-bond donors (Lipinski definition) is 1. The van der Waals surface area contributed by atoms with E-state index in [4.69, 9.17) is 4.74 Å². The Labute approximate surface area is 94.8 Å². The first kappa shape index (κ1) is 13.0. The van der Waals surface area contributed by atoms with Crippen molar-refractivity contribution in [2.24, 2.45) is 0 Å². The van der Waals surface area contributed by atoms with Crippen LogP contribution in [0.4, 0.5) is 0 Å². The van der Waals surface area contributed by atoms with E-state index in [0.717, 1.165) is 19.2 Å². The summed E-state index contributed by atoms with van der Waals surface area (Å²) in [6, 6.07) is 0.813. The van der Waals surface area contributed by atoms with Crippen LogP contribution in [-0.4, -0.2) is 25.3 Å². The summed E-state index contributed by atoms with van der Waals surface area (Å²) < 4.78 is 5.74. The van der Waals surface area contributed by atoms with E-state index >= 15 is 0 Å². The van der Waals surface area contributed by atoms with Crippen LogP contribution in [0.1, 0.15) is 58.8 Å². The Morgan fingerprint density at radius 2 is 2.07 bits per heavy atom. The van der Waals surface area contributed by atoms with Gasteiger partial charge in [0.05, 0.1) is 12.7 Å². The highest BCUT2D eigenvalue weighted by Gasteiger charge is 2.19. The molecule has 0 saturated heterocycles. The smallest absolute Gasteiger partial charge is 0.0594 e. The first-order chi connectivity index (χ1) is 7.33. The number of hydrogen-bond acceptors (Lipinski definition) is 2. The highest BCUT2D eigenvalue weighted by atomic mass is 16.5. The van der Waals surface area contributed by atoms with E-state index in [1.807, 2.05) is 0 Å². The predicted octanol–water partition coefficient (Wildman–Crippen LogP) is 3.11. The standard InChI is InChI=1S/C13H27NO/c1-3-4-5-6-7-12(2)15-11-10-14-13-8-9-13/h12-14H,3-11H2,1-2H3. The topological polar surface area (TPSA) is 21.3 Å². The molecule has 0 spiro atoms. The second-order valence-corrected chi connectivity index (χ2v) is 4.76. The van der Waals surface area contributed by atoms with E-state index in [1.165, 1.54) is 44.9 Å². The van der Waals surface area contributed by atoms with E-state index in [9.17, 15) is 0 Å². The van der Waals surface area contributed by atoms with Gasteiger partial charge in [0.1, 0.15) is 0 Å². The first-order valence-corrected chi connectivity index (χ1v) is 6.68. The maximum absolute atomic E-state index is 5.74. The fraction of sp³-hybridized carbons (Fsp3) is 1.00. The molecule has 0 radical (unpaired) electrons. The summed E-state index contributed by atoms with van der Waals surface area (Å²) >= 11 is 0. The van der Waals surface area contributed by atoms with E-state index in [2.05, 4.69) is 19.2 Å². The van der Waals surface area contributed by atoms with Crippen molar-refractivity contribution in [2.75, 3.05) is 13.2 Å². The minimum absolute atomic E-state index is 0.447. The van der Waals surface area contributed by atoms with E-state index < -0.39 is 0 Å². The molecule has 1 atom stereocenters. The maximum Gasteiger partial charge on any atom is 0.0594 e. The molecule has 1 fully saturated rings. The lowest BCUT2D eigenvalue weighted by Gasteiger charge is -2.13. The average Bonchev–Trinajstić information content (AvgIpc) is 3.03. The quantitative estimate of drug-likeness (QED) is 0.563. The zero-order valence-electron chi connectivity index (χ0n) is 10.4. The first-order valence-electron chi connectivity index (χ1n) is 6.68. The Balaban J connectivity index is 1.77. The van der Waals surface area contributed by atoms with Crippen molar-refractivity contribution < 1.29 is 4.74 Å². The molecule has 2 nitrogen and oxygen atoms in total. The Morgan fingerprint density at radius 3 is 2.73 bits per heavy atom. The van der Waals surface area contributed by atoms with Gasteiger partial charge in [0.25, 0.3) is 0 Å². The van der Waals surface area contributed by atoms with Gasteiger partial charge in [-0.1, -0.05) is 32.6 Å². The largest absolute Gasteiger partial charge is 0.377 e.